The van der Waals surface area contributed by atoms with Crippen molar-refractivity contribution in [1.29, 1.82) is 0 Å². The zero-order valence-corrected chi connectivity index (χ0v) is 12.6. The highest BCUT2D eigenvalue weighted by molar-refractivity contribution is 6.06. The lowest BCUT2D eigenvalue weighted by Crippen LogP contribution is -2.12. The van der Waals surface area contributed by atoms with Crippen LogP contribution in [0.4, 0.5) is 10.1 Å². The summed E-state index contributed by atoms with van der Waals surface area (Å²) in [4.78, 5) is 23.6. The van der Waals surface area contributed by atoms with Gasteiger partial charge in [0, 0.05) is 22.2 Å². The molecular weight excluding hydrogens is 297 g/mol. The number of rotatable bonds is 3. The molecule has 0 atom stereocenters. The maximum absolute atomic E-state index is 13.7. The number of furan rings is 1. The Balaban J connectivity index is 1.90. The SMILES string of the molecule is CC(=O)c1ccc(NC(=O)c2oc3c(F)cccc3c2C)cc1. The first kappa shape index (κ1) is 15.0. The highest BCUT2D eigenvalue weighted by Crippen LogP contribution is 2.27. The van der Waals surface area contributed by atoms with Crippen molar-refractivity contribution in [2.75, 3.05) is 5.32 Å². The van der Waals surface area contributed by atoms with E-state index in [1.54, 1.807) is 43.3 Å². The molecule has 0 aliphatic rings. The van der Waals surface area contributed by atoms with E-state index in [2.05, 4.69) is 5.32 Å². The third-order valence-corrected chi connectivity index (χ3v) is 3.67. The van der Waals surface area contributed by atoms with Crippen molar-refractivity contribution in [3.05, 3.63) is 65.2 Å². The number of carbonyl (C=O) groups excluding carboxylic acids is 2. The number of hydrogen-bond acceptors (Lipinski definition) is 3. The maximum Gasteiger partial charge on any atom is 0.291 e. The topological polar surface area (TPSA) is 59.3 Å². The van der Waals surface area contributed by atoms with Gasteiger partial charge in [0.2, 0.25) is 0 Å². The van der Waals surface area contributed by atoms with E-state index in [9.17, 15) is 14.0 Å². The van der Waals surface area contributed by atoms with Crippen LogP contribution in [-0.4, -0.2) is 11.7 Å². The molecule has 0 saturated carbocycles. The fraction of sp³-hybridized carbons (Fsp3) is 0.111. The predicted octanol–water partition coefficient (Wildman–Crippen LogP) is 4.34. The summed E-state index contributed by atoms with van der Waals surface area (Å²) in [6.45, 7) is 3.18. The summed E-state index contributed by atoms with van der Waals surface area (Å²) in [5, 5.41) is 3.25. The van der Waals surface area contributed by atoms with Crippen LogP contribution in [0.3, 0.4) is 0 Å². The summed E-state index contributed by atoms with van der Waals surface area (Å²) in [6.07, 6.45) is 0. The molecule has 0 aliphatic heterocycles. The second-order valence-corrected chi connectivity index (χ2v) is 5.26. The number of aryl methyl sites for hydroxylation is 1. The minimum absolute atomic E-state index is 0.0496. The van der Waals surface area contributed by atoms with E-state index in [1.165, 1.54) is 13.0 Å². The molecule has 0 saturated heterocycles. The first-order valence-corrected chi connectivity index (χ1v) is 7.07. The Hall–Kier alpha value is -2.95. The first-order valence-electron chi connectivity index (χ1n) is 7.07. The van der Waals surface area contributed by atoms with Crippen LogP contribution in [0, 0.1) is 12.7 Å². The quantitative estimate of drug-likeness (QED) is 0.732. The van der Waals surface area contributed by atoms with Crippen LogP contribution in [0.25, 0.3) is 11.0 Å². The lowest BCUT2D eigenvalue weighted by Gasteiger charge is -2.04. The molecule has 0 unspecified atom stereocenters. The standard InChI is InChI=1S/C18H14FNO3/c1-10-14-4-3-5-15(19)17(14)23-16(10)18(22)20-13-8-6-12(7-9-13)11(2)21/h3-9H,1-2H3,(H,20,22). The molecule has 116 valence electrons. The molecule has 3 aromatic rings. The molecule has 2 aromatic carbocycles. The van der Waals surface area contributed by atoms with Gasteiger partial charge >= 0.3 is 0 Å². The van der Waals surface area contributed by atoms with Crippen LogP contribution < -0.4 is 5.32 Å². The fourth-order valence-electron chi connectivity index (χ4n) is 2.40. The highest BCUT2D eigenvalue weighted by Gasteiger charge is 2.19. The summed E-state index contributed by atoms with van der Waals surface area (Å²) >= 11 is 0. The molecule has 0 spiro atoms. The van der Waals surface area contributed by atoms with Crippen molar-refractivity contribution in [3.8, 4) is 0 Å². The number of para-hydroxylation sites is 1. The Bertz CT molecular complexity index is 910. The number of ketones is 1. The third kappa shape index (κ3) is 2.73. The fourth-order valence-corrected chi connectivity index (χ4v) is 2.40. The van der Waals surface area contributed by atoms with Gasteiger partial charge in [-0.3, -0.25) is 9.59 Å². The van der Waals surface area contributed by atoms with Crippen LogP contribution in [0.15, 0.2) is 46.9 Å². The molecule has 0 bridgehead atoms. The average Bonchev–Trinajstić information content (AvgIpc) is 2.87. The van der Waals surface area contributed by atoms with Crippen molar-refractivity contribution in [3.63, 3.8) is 0 Å². The Morgan fingerprint density at radius 2 is 1.78 bits per heavy atom. The Kier molecular flexibility index (Phi) is 3.70. The van der Waals surface area contributed by atoms with Crippen LogP contribution >= 0.6 is 0 Å². The van der Waals surface area contributed by atoms with Gasteiger partial charge in [0.1, 0.15) is 0 Å². The molecule has 4 nitrogen and oxygen atoms in total. The van der Waals surface area contributed by atoms with Gasteiger partial charge in [-0.15, -0.1) is 0 Å². The molecule has 1 heterocycles. The van der Waals surface area contributed by atoms with Crippen molar-refractivity contribution in [2.45, 2.75) is 13.8 Å². The van der Waals surface area contributed by atoms with E-state index in [0.717, 1.165) is 0 Å². The number of amides is 1. The van der Waals surface area contributed by atoms with Crippen LogP contribution in [-0.2, 0) is 0 Å². The molecule has 1 aromatic heterocycles. The molecule has 3 rings (SSSR count). The summed E-state index contributed by atoms with van der Waals surface area (Å²) < 4.78 is 19.1. The molecule has 23 heavy (non-hydrogen) atoms. The number of hydrogen-bond donors (Lipinski definition) is 1. The number of anilines is 1. The van der Waals surface area contributed by atoms with Gasteiger partial charge in [-0.05, 0) is 44.2 Å². The van der Waals surface area contributed by atoms with Gasteiger partial charge in [0.15, 0.2) is 22.9 Å². The molecule has 1 amide bonds. The number of nitrogens with one attached hydrogen (secondary N) is 1. The lowest BCUT2D eigenvalue weighted by molar-refractivity contribution is 0.0995. The van der Waals surface area contributed by atoms with Gasteiger partial charge in [0.05, 0.1) is 0 Å². The summed E-state index contributed by atoms with van der Waals surface area (Å²) in [5.41, 5.74) is 1.74. The number of Topliss-reactive ketones (excluding diaryl/α,β-unsaturated/α-hetero) is 1. The van der Waals surface area contributed by atoms with Crippen molar-refractivity contribution < 1.29 is 18.4 Å². The van der Waals surface area contributed by atoms with E-state index in [0.29, 0.717) is 22.2 Å². The minimum Gasteiger partial charge on any atom is -0.448 e. The average molecular weight is 311 g/mol. The summed E-state index contributed by atoms with van der Waals surface area (Å²) in [6, 6.07) is 11.1. The molecule has 5 heteroatoms. The van der Waals surface area contributed by atoms with Gasteiger partial charge in [-0.25, -0.2) is 4.39 Å². The monoisotopic (exact) mass is 311 g/mol. The van der Waals surface area contributed by atoms with Crippen LogP contribution in [0.1, 0.15) is 33.4 Å². The number of carbonyl (C=O) groups is 2. The Labute approximate surface area is 131 Å². The molecule has 0 aliphatic carbocycles. The highest BCUT2D eigenvalue weighted by atomic mass is 19.1. The number of fused-ring (bicyclic) bond motifs is 1. The van der Waals surface area contributed by atoms with Crippen molar-refractivity contribution >= 4 is 28.3 Å². The number of halogens is 1. The zero-order chi connectivity index (χ0) is 16.6. The van der Waals surface area contributed by atoms with E-state index < -0.39 is 11.7 Å². The summed E-state index contributed by atoms with van der Waals surface area (Å²) in [7, 11) is 0. The van der Waals surface area contributed by atoms with E-state index in [1.807, 2.05) is 0 Å². The second-order valence-electron chi connectivity index (χ2n) is 5.26. The third-order valence-electron chi connectivity index (χ3n) is 3.67. The largest absolute Gasteiger partial charge is 0.448 e. The molecule has 1 N–H and O–H groups in total. The molecule has 0 fully saturated rings. The zero-order valence-electron chi connectivity index (χ0n) is 12.6. The van der Waals surface area contributed by atoms with Gasteiger partial charge in [0.25, 0.3) is 5.91 Å². The van der Waals surface area contributed by atoms with E-state index >= 15 is 0 Å². The van der Waals surface area contributed by atoms with Gasteiger partial charge in [-0.2, -0.15) is 0 Å². The Morgan fingerprint density at radius 1 is 1.09 bits per heavy atom. The van der Waals surface area contributed by atoms with Crippen LogP contribution in [0.2, 0.25) is 0 Å². The predicted molar refractivity (Wildman–Crippen MR) is 85.3 cm³/mol. The lowest BCUT2D eigenvalue weighted by atomic mass is 10.1. The van der Waals surface area contributed by atoms with Crippen molar-refractivity contribution in [2.24, 2.45) is 0 Å². The van der Waals surface area contributed by atoms with Gasteiger partial charge in [-0.1, -0.05) is 12.1 Å². The Morgan fingerprint density at radius 3 is 2.39 bits per heavy atom. The van der Waals surface area contributed by atoms with E-state index in [4.69, 9.17) is 4.42 Å². The van der Waals surface area contributed by atoms with E-state index in [-0.39, 0.29) is 17.1 Å². The number of benzene rings is 2. The smallest absolute Gasteiger partial charge is 0.291 e. The normalized spacial score (nSPS) is 10.7. The second kappa shape index (κ2) is 5.68. The molecular formula is C18H14FNO3. The van der Waals surface area contributed by atoms with Gasteiger partial charge < -0.3 is 9.73 Å². The maximum atomic E-state index is 13.7. The first-order chi connectivity index (χ1) is 11.0. The van der Waals surface area contributed by atoms with Crippen molar-refractivity contribution in [1.82, 2.24) is 0 Å². The minimum atomic E-state index is -0.504. The van der Waals surface area contributed by atoms with Crippen LogP contribution in [0.5, 0.6) is 0 Å². The molecule has 0 radical (unpaired) electrons. The summed E-state index contributed by atoms with van der Waals surface area (Å²) in [5.74, 6) is -0.948.